The first-order chi connectivity index (χ1) is 8.49. The highest BCUT2D eigenvalue weighted by Gasteiger charge is 2.09. The topological polar surface area (TPSA) is 38.0 Å². The zero-order chi connectivity index (χ0) is 13.3. The Morgan fingerprint density at radius 1 is 0.833 bits per heavy atom. The molecule has 0 aliphatic carbocycles. The van der Waals surface area contributed by atoms with E-state index in [1.54, 1.807) is 30.3 Å². The molecular formula is C12H8Cl4N2. The molecule has 0 heterocycles. The predicted octanol–water partition coefficient (Wildman–Crippen LogP) is 5.63. The van der Waals surface area contributed by atoms with Crippen molar-refractivity contribution < 1.29 is 0 Å². The van der Waals surface area contributed by atoms with Gasteiger partial charge in [-0.05, 0) is 24.3 Å². The van der Waals surface area contributed by atoms with Crippen LogP contribution in [0, 0.1) is 0 Å². The van der Waals surface area contributed by atoms with E-state index in [1.165, 1.54) is 0 Å². The van der Waals surface area contributed by atoms with Gasteiger partial charge in [-0.2, -0.15) is 0 Å². The standard InChI is InChI=1S/C12H8Cl4N2/c13-6-2-1-3-10(17)12(6)18-11-5-8(15)7(14)4-9(11)16/h1-5,18H,17H2. The molecule has 2 aromatic carbocycles. The van der Waals surface area contributed by atoms with Crippen LogP contribution in [0.15, 0.2) is 30.3 Å². The van der Waals surface area contributed by atoms with Gasteiger partial charge in [-0.25, -0.2) is 0 Å². The van der Waals surface area contributed by atoms with E-state index < -0.39 is 0 Å². The van der Waals surface area contributed by atoms with Gasteiger partial charge in [0, 0.05) is 0 Å². The lowest BCUT2D eigenvalue weighted by molar-refractivity contribution is 1.54. The molecule has 2 rings (SSSR count). The average molecular weight is 322 g/mol. The molecule has 3 N–H and O–H groups in total. The van der Waals surface area contributed by atoms with Gasteiger partial charge >= 0.3 is 0 Å². The van der Waals surface area contributed by atoms with Crippen molar-refractivity contribution in [2.24, 2.45) is 0 Å². The molecule has 0 unspecified atom stereocenters. The number of nitrogens with one attached hydrogen (secondary N) is 1. The van der Waals surface area contributed by atoms with Crippen molar-refractivity contribution in [3.63, 3.8) is 0 Å². The maximum absolute atomic E-state index is 6.07. The second-order valence-corrected chi connectivity index (χ2v) is 5.20. The lowest BCUT2D eigenvalue weighted by Gasteiger charge is -2.13. The number of hydrogen-bond donors (Lipinski definition) is 2. The van der Waals surface area contributed by atoms with Gasteiger partial charge in [0.05, 0.1) is 37.2 Å². The van der Waals surface area contributed by atoms with E-state index in [-0.39, 0.29) is 0 Å². The van der Waals surface area contributed by atoms with Crippen molar-refractivity contribution in [3.8, 4) is 0 Å². The molecule has 0 amide bonds. The smallest absolute Gasteiger partial charge is 0.0807 e. The highest BCUT2D eigenvalue weighted by Crippen LogP contribution is 2.37. The Bertz CT molecular complexity index is 579. The number of para-hydroxylation sites is 1. The lowest BCUT2D eigenvalue weighted by atomic mass is 10.2. The first-order valence-electron chi connectivity index (χ1n) is 4.94. The zero-order valence-electron chi connectivity index (χ0n) is 8.98. The highest BCUT2D eigenvalue weighted by molar-refractivity contribution is 6.44. The summed E-state index contributed by atoms with van der Waals surface area (Å²) in [5, 5.41) is 4.76. The van der Waals surface area contributed by atoms with Gasteiger partial charge < -0.3 is 11.1 Å². The fourth-order valence-corrected chi connectivity index (χ4v) is 2.25. The van der Waals surface area contributed by atoms with Gasteiger partial charge in [0.15, 0.2) is 0 Å². The maximum atomic E-state index is 6.07. The Hall–Kier alpha value is -0.800. The lowest BCUT2D eigenvalue weighted by Crippen LogP contribution is -1.97. The predicted molar refractivity (Wildman–Crippen MR) is 80.6 cm³/mol. The summed E-state index contributed by atoms with van der Waals surface area (Å²) in [6.07, 6.45) is 0. The van der Waals surface area contributed by atoms with Crippen LogP contribution < -0.4 is 11.1 Å². The summed E-state index contributed by atoms with van der Waals surface area (Å²) in [6, 6.07) is 8.40. The fraction of sp³-hybridized carbons (Fsp3) is 0. The van der Waals surface area contributed by atoms with Crippen LogP contribution in [0.3, 0.4) is 0 Å². The summed E-state index contributed by atoms with van der Waals surface area (Å²) in [5.74, 6) is 0. The Morgan fingerprint density at radius 2 is 1.50 bits per heavy atom. The van der Waals surface area contributed by atoms with Crippen LogP contribution in [-0.4, -0.2) is 0 Å². The maximum Gasteiger partial charge on any atom is 0.0807 e. The van der Waals surface area contributed by atoms with Gasteiger partial charge in [0.2, 0.25) is 0 Å². The molecule has 0 bridgehead atoms. The second-order valence-electron chi connectivity index (χ2n) is 3.58. The van der Waals surface area contributed by atoms with Crippen molar-refractivity contribution in [2.45, 2.75) is 0 Å². The quantitative estimate of drug-likeness (QED) is 0.556. The Morgan fingerprint density at radius 3 is 2.17 bits per heavy atom. The molecule has 0 fully saturated rings. The number of nitrogens with two attached hydrogens (primary N) is 1. The molecule has 0 atom stereocenters. The van der Waals surface area contributed by atoms with Crippen molar-refractivity contribution >= 4 is 63.5 Å². The van der Waals surface area contributed by atoms with Crippen LogP contribution in [0.25, 0.3) is 0 Å². The third kappa shape index (κ3) is 2.78. The zero-order valence-corrected chi connectivity index (χ0v) is 12.0. The molecule has 0 aliphatic heterocycles. The summed E-state index contributed by atoms with van der Waals surface area (Å²) in [6.45, 7) is 0. The van der Waals surface area contributed by atoms with Gasteiger partial charge in [-0.15, -0.1) is 0 Å². The largest absolute Gasteiger partial charge is 0.397 e. The molecule has 2 nitrogen and oxygen atoms in total. The molecule has 0 aromatic heterocycles. The number of hydrogen-bond acceptors (Lipinski definition) is 2. The normalized spacial score (nSPS) is 10.4. The van der Waals surface area contributed by atoms with Crippen LogP contribution in [-0.2, 0) is 0 Å². The highest BCUT2D eigenvalue weighted by atomic mass is 35.5. The van der Waals surface area contributed by atoms with Crippen molar-refractivity contribution in [3.05, 3.63) is 50.4 Å². The summed E-state index contributed by atoms with van der Waals surface area (Å²) >= 11 is 23.9. The van der Waals surface area contributed by atoms with Crippen LogP contribution in [0.2, 0.25) is 20.1 Å². The third-order valence-corrected chi connectivity index (χ3v) is 3.67. The summed E-state index contributed by atoms with van der Waals surface area (Å²) in [4.78, 5) is 0. The molecular weight excluding hydrogens is 314 g/mol. The van der Waals surface area contributed by atoms with E-state index >= 15 is 0 Å². The second kappa shape index (κ2) is 5.45. The van der Waals surface area contributed by atoms with E-state index in [4.69, 9.17) is 52.1 Å². The number of rotatable bonds is 2. The first kappa shape index (κ1) is 13.6. The average Bonchev–Trinajstić information content (AvgIpc) is 2.30. The summed E-state index contributed by atoms with van der Waals surface area (Å²) in [5.41, 5.74) is 7.53. The van der Waals surface area contributed by atoms with Crippen molar-refractivity contribution in [1.82, 2.24) is 0 Å². The molecule has 0 saturated heterocycles. The van der Waals surface area contributed by atoms with Gasteiger partial charge in [-0.3, -0.25) is 0 Å². The van der Waals surface area contributed by atoms with Crippen molar-refractivity contribution in [2.75, 3.05) is 11.1 Å². The number of anilines is 3. The third-order valence-electron chi connectivity index (χ3n) is 2.32. The monoisotopic (exact) mass is 320 g/mol. The van der Waals surface area contributed by atoms with Gasteiger partial charge in [0.25, 0.3) is 0 Å². The number of benzene rings is 2. The van der Waals surface area contributed by atoms with E-state index in [2.05, 4.69) is 5.32 Å². The fourth-order valence-electron chi connectivity index (χ4n) is 1.43. The van der Waals surface area contributed by atoms with E-state index in [9.17, 15) is 0 Å². The summed E-state index contributed by atoms with van der Waals surface area (Å²) in [7, 11) is 0. The van der Waals surface area contributed by atoms with Crippen LogP contribution in [0.4, 0.5) is 17.1 Å². The Labute approximate surface area is 125 Å². The van der Waals surface area contributed by atoms with E-state index in [1.807, 2.05) is 0 Å². The minimum absolute atomic E-state index is 0.388. The Kier molecular flexibility index (Phi) is 4.13. The molecule has 0 aliphatic rings. The van der Waals surface area contributed by atoms with Crippen LogP contribution in [0.5, 0.6) is 0 Å². The molecule has 0 radical (unpaired) electrons. The minimum atomic E-state index is 0.388. The summed E-state index contributed by atoms with van der Waals surface area (Å²) < 4.78 is 0. The van der Waals surface area contributed by atoms with E-state index in [0.717, 1.165) is 0 Å². The van der Waals surface area contributed by atoms with Crippen molar-refractivity contribution in [1.29, 1.82) is 0 Å². The minimum Gasteiger partial charge on any atom is -0.397 e. The molecule has 94 valence electrons. The van der Waals surface area contributed by atoms with Gasteiger partial charge in [-0.1, -0.05) is 52.5 Å². The molecule has 0 spiro atoms. The van der Waals surface area contributed by atoms with Crippen LogP contribution >= 0.6 is 46.4 Å². The Balaban J connectivity index is 2.43. The van der Waals surface area contributed by atoms with E-state index in [0.29, 0.717) is 37.2 Å². The molecule has 6 heteroatoms. The molecule has 0 saturated carbocycles. The number of halogens is 4. The molecule has 18 heavy (non-hydrogen) atoms. The number of nitrogen functional groups attached to an aromatic ring is 1. The first-order valence-corrected chi connectivity index (χ1v) is 6.46. The SMILES string of the molecule is Nc1cccc(Cl)c1Nc1cc(Cl)c(Cl)cc1Cl. The van der Waals surface area contributed by atoms with Gasteiger partial charge in [0.1, 0.15) is 0 Å². The molecule has 2 aromatic rings. The van der Waals surface area contributed by atoms with Crippen LogP contribution in [0.1, 0.15) is 0 Å².